The molecule has 2 aromatic rings. The molecule has 0 aliphatic heterocycles. The van der Waals surface area contributed by atoms with Gasteiger partial charge in [0, 0.05) is 13.2 Å². The summed E-state index contributed by atoms with van der Waals surface area (Å²) in [5.74, 6) is -2.75. The molecule has 154 valence electrons. The molecule has 0 amide bonds. The lowest BCUT2D eigenvalue weighted by molar-refractivity contribution is 0.0688. The molecule has 0 aliphatic carbocycles. The third-order valence-electron chi connectivity index (χ3n) is 3.83. The van der Waals surface area contributed by atoms with Crippen LogP contribution in [0.15, 0.2) is 10.9 Å². The Kier molecular flexibility index (Phi) is 7.27. The van der Waals surface area contributed by atoms with Crippen molar-refractivity contribution in [3.8, 4) is 11.7 Å². The van der Waals surface area contributed by atoms with Gasteiger partial charge in [-0.25, -0.2) is 14.0 Å². The molecule has 0 saturated carbocycles. The van der Waals surface area contributed by atoms with E-state index in [1.54, 1.807) is 20.8 Å². The van der Waals surface area contributed by atoms with Gasteiger partial charge in [0.2, 0.25) is 5.88 Å². The first-order valence-electron chi connectivity index (χ1n) is 9.17. The fourth-order valence-electron chi connectivity index (χ4n) is 2.49. The molecule has 0 saturated heterocycles. The highest BCUT2D eigenvalue weighted by Crippen LogP contribution is 2.22. The number of halogens is 1. The number of ether oxygens (including phenoxy) is 2. The Labute approximate surface area is 161 Å². The van der Waals surface area contributed by atoms with E-state index in [2.05, 4.69) is 10.1 Å². The minimum atomic E-state index is -1.38. The van der Waals surface area contributed by atoms with Crippen LogP contribution in [0.4, 0.5) is 4.39 Å². The topological polar surface area (TPSA) is 108 Å². The van der Waals surface area contributed by atoms with Crippen LogP contribution >= 0.6 is 0 Å². The molecule has 0 bridgehead atoms. The molecule has 0 fully saturated rings. The van der Waals surface area contributed by atoms with Gasteiger partial charge < -0.3 is 14.6 Å². The smallest absolute Gasteiger partial charge is 0.352 e. The molecule has 0 aliphatic rings. The fourth-order valence-corrected chi connectivity index (χ4v) is 2.49. The van der Waals surface area contributed by atoms with Crippen molar-refractivity contribution in [2.45, 2.75) is 59.8 Å². The lowest BCUT2D eigenvalue weighted by Gasteiger charge is -2.12. The highest BCUT2D eigenvalue weighted by molar-refractivity contribution is 5.90. The van der Waals surface area contributed by atoms with Gasteiger partial charge in [-0.2, -0.15) is 9.67 Å². The van der Waals surface area contributed by atoms with E-state index in [0.29, 0.717) is 19.0 Å². The van der Waals surface area contributed by atoms with Crippen LogP contribution in [-0.2, 0) is 17.9 Å². The maximum Gasteiger partial charge on any atom is 0.352 e. The number of carbonyl (C=O) groups is 1. The van der Waals surface area contributed by atoms with Crippen LogP contribution in [0.2, 0.25) is 0 Å². The molecule has 28 heavy (non-hydrogen) atoms. The molecule has 0 aromatic carbocycles. The minimum absolute atomic E-state index is 0.0975. The lowest BCUT2D eigenvalue weighted by atomic mass is 10.2. The van der Waals surface area contributed by atoms with Crippen LogP contribution in [0.3, 0.4) is 0 Å². The van der Waals surface area contributed by atoms with Crippen molar-refractivity contribution in [2.75, 3.05) is 6.61 Å². The minimum Gasteiger partial charge on any atom is -0.477 e. The zero-order chi connectivity index (χ0) is 20.8. The van der Waals surface area contributed by atoms with Crippen molar-refractivity contribution in [2.24, 2.45) is 0 Å². The molecule has 10 heteroatoms. The number of unbranched alkanes of at least 4 members (excludes halogenated alkanes) is 1. The molecule has 9 nitrogen and oxygen atoms in total. The van der Waals surface area contributed by atoms with Crippen LogP contribution < -0.4 is 10.4 Å². The SMILES string of the molecule is CCCCOCc1nn(-c2nc(OC(C)C)c(C(=O)O)cc2F)c(=O)n1CC. The first-order valence-corrected chi connectivity index (χ1v) is 9.17. The summed E-state index contributed by atoms with van der Waals surface area (Å²) in [7, 11) is 0. The Hall–Kier alpha value is -2.75. The summed E-state index contributed by atoms with van der Waals surface area (Å²) < 4.78 is 27.6. The Morgan fingerprint density at radius 1 is 1.36 bits per heavy atom. The third kappa shape index (κ3) is 4.75. The maximum atomic E-state index is 14.6. The molecular weight excluding hydrogens is 371 g/mol. The average Bonchev–Trinajstić information content (AvgIpc) is 2.94. The molecule has 0 unspecified atom stereocenters. The number of nitrogens with zero attached hydrogens (tertiary/aromatic N) is 4. The summed E-state index contributed by atoms with van der Waals surface area (Å²) in [6.45, 7) is 8.09. The van der Waals surface area contributed by atoms with Gasteiger partial charge in [0.25, 0.3) is 0 Å². The van der Waals surface area contributed by atoms with Crippen molar-refractivity contribution in [1.29, 1.82) is 0 Å². The van der Waals surface area contributed by atoms with Crippen LogP contribution in [0, 0.1) is 5.82 Å². The molecule has 0 atom stereocenters. The maximum absolute atomic E-state index is 14.6. The van der Waals surface area contributed by atoms with Crippen LogP contribution in [0.5, 0.6) is 5.88 Å². The second-order valence-corrected chi connectivity index (χ2v) is 6.38. The second-order valence-electron chi connectivity index (χ2n) is 6.38. The number of pyridine rings is 1. The summed E-state index contributed by atoms with van der Waals surface area (Å²) in [4.78, 5) is 27.9. The zero-order valence-electron chi connectivity index (χ0n) is 16.4. The van der Waals surface area contributed by atoms with E-state index < -0.39 is 35.0 Å². The van der Waals surface area contributed by atoms with Gasteiger partial charge in [-0.15, -0.1) is 5.10 Å². The monoisotopic (exact) mass is 396 g/mol. The Morgan fingerprint density at radius 2 is 2.07 bits per heavy atom. The number of hydrogen-bond donors (Lipinski definition) is 1. The van der Waals surface area contributed by atoms with Gasteiger partial charge in [-0.3, -0.25) is 4.57 Å². The third-order valence-corrected chi connectivity index (χ3v) is 3.83. The summed E-state index contributed by atoms with van der Waals surface area (Å²) in [5, 5.41) is 13.4. The van der Waals surface area contributed by atoms with Crippen molar-refractivity contribution in [3.63, 3.8) is 0 Å². The lowest BCUT2D eigenvalue weighted by Crippen LogP contribution is -2.26. The molecule has 2 rings (SSSR count). The van der Waals surface area contributed by atoms with Gasteiger partial charge >= 0.3 is 11.7 Å². The highest BCUT2D eigenvalue weighted by Gasteiger charge is 2.23. The van der Waals surface area contributed by atoms with Crippen LogP contribution in [0.1, 0.15) is 56.7 Å². The van der Waals surface area contributed by atoms with E-state index >= 15 is 0 Å². The number of aromatic nitrogens is 4. The Bertz CT molecular complexity index is 891. The van der Waals surface area contributed by atoms with E-state index in [-0.39, 0.29) is 12.5 Å². The number of aromatic carboxylic acids is 1. The number of carboxylic acid groups (broad SMARTS) is 1. The van der Waals surface area contributed by atoms with Gasteiger partial charge in [0.1, 0.15) is 12.2 Å². The highest BCUT2D eigenvalue weighted by atomic mass is 19.1. The standard InChI is InChI=1S/C18H25FN4O5/c1-5-7-8-27-10-14-21-23(18(26)22(14)6-2)15-13(19)9-12(17(24)25)16(20-15)28-11(3)4/h9,11H,5-8,10H2,1-4H3,(H,24,25). The number of hydrogen-bond acceptors (Lipinski definition) is 6. The number of carboxylic acids is 1. The quantitative estimate of drug-likeness (QED) is 0.614. The van der Waals surface area contributed by atoms with Gasteiger partial charge in [-0.05, 0) is 33.3 Å². The first-order chi connectivity index (χ1) is 13.3. The van der Waals surface area contributed by atoms with E-state index in [9.17, 15) is 19.1 Å². The van der Waals surface area contributed by atoms with E-state index in [4.69, 9.17) is 9.47 Å². The molecule has 0 radical (unpaired) electrons. The molecule has 2 heterocycles. The summed E-state index contributed by atoms with van der Waals surface area (Å²) in [6, 6.07) is 0.775. The van der Waals surface area contributed by atoms with Crippen molar-refractivity contribution in [1.82, 2.24) is 19.3 Å². The average molecular weight is 396 g/mol. The first kappa shape index (κ1) is 21.5. The predicted octanol–water partition coefficient (Wildman–Crippen LogP) is 2.39. The largest absolute Gasteiger partial charge is 0.477 e. The van der Waals surface area contributed by atoms with E-state index in [0.717, 1.165) is 23.6 Å². The van der Waals surface area contributed by atoms with Gasteiger partial charge in [0.15, 0.2) is 17.5 Å². The predicted molar refractivity (Wildman–Crippen MR) is 98.5 cm³/mol. The summed E-state index contributed by atoms with van der Waals surface area (Å²) >= 11 is 0. The van der Waals surface area contributed by atoms with Crippen LogP contribution in [-0.4, -0.2) is 43.1 Å². The second kappa shape index (κ2) is 9.45. The van der Waals surface area contributed by atoms with E-state index in [1.807, 2.05) is 6.92 Å². The van der Waals surface area contributed by atoms with Crippen molar-refractivity contribution in [3.05, 3.63) is 33.8 Å². The van der Waals surface area contributed by atoms with Crippen LogP contribution in [0.25, 0.3) is 5.82 Å². The fraction of sp³-hybridized carbons (Fsp3) is 0.556. The molecule has 1 N–H and O–H groups in total. The normalized spacial score (nSPS) is 11.2. The molecule has 2 aromatic heterocycles. The van der Waals surface area contributed by atoms with E-state index in [1.165, 1.54) is 4.57 Å². The summed E-state index contributed by atoms with van der Waals surface area (Å²) in [5.41, 5.74) is -1.03. The van der Waals surface area contributed by atoms with Gasteiger partial charge in [0.05, 0.1) is 6.10 Å². The number of rotatable bonds is 10. The Balaban J connectivity index is 2.50. The van der Waals surface area contributed by atoms with Crippen molar-refractivity contribution >= 4 is 5.97 Å². The molecule has 0 spiro atoms. The van der Waals surface area contributed by atoms with Gasteiger partial charge in [-0.1, -0.05) is 13.3 Å². The summed E-state index contributed by atoms with van der Waals surface area (Å²) in [6.07, 6.45) is 1.45. The molecular formula is C18H25FN4O5. The van der Waals surface area contributed by atoms with Crippen molar-refractivity contribution < 1.29 is 23.8 Å². The Morgan fingerprint density at radius 3 is 2.64 bits per heavy atom. The zero-order valence-corrected chi connectivity index (χ0v) is 16.4.